The van der Waals surface area contributed by atoms with Gasteiger partial charge in [-0.25, -0.2) is 4.79 Å². The van der Waals surface area contributed by atoms with Crippen LogP contribution in [0.15, 0.2) is 24.3 Å². The van der Waals surface area contributed by atoms with Crippen LogP contribution in [0.2, 0.25) is 0 Å². The lowest BCUT2D eigenvalue weighted by Gasteiger charge is -2.44. The largest absolute Gasteiger partial charge is 0.463 e. The van der Waals surface area contributed by atoms with Crippen molar-refractivity contribution in [2.24, 2.45) is 0 Å². The molecule has 2 N–H and O–H groups in total. The molecule has 0 aromatic heterocycles. The molecule has 1 aromatic carbocycles. The molecule has 0 bridgehead atoms. The summed E-state index contributed by atoms with van der Waals surface area (Å²) in [6.45, 7) is 7.86. The number of ether oxygens (including phenoxy) is 10. The third-order valence-electron chi connectivity index (χ3n) is 7.71. The summed E-state index contributed by atoms with van der Waals surface area (Å²) in [6.07, 6.45) is -11.4. The molecular weight excluding hydrogens is 752 g/mol. The second kappa shape index (κ2) is 20.2. The minimum absolute atomic E-state index is 0.0336. The highest BCUT2D eigenvalue weighted by Crippen LogP contribution is 2.31. The van der Waals surface area contributed by atoms with Crippen molar-refractivity contribution in [1.82, 2.24) is 10.6 Å². The van der Waals surface area contributed by atoms with Gasteiger partial charge in [-0.1, -0.05) is 0 Å². The second-order valence-electron chi connectivity index (χ2n) is 12.5. The zero-order chi connectivity index (χ0) is 41.9. The van der Waals surface area contributed by atoms with Gasteiger partial charge in [-0.15, -0.1) is 0 Å². The molecule has 21 heteroatoms. The Hall–Kier alpha value is -5.83. The average molecular weight is 797 g/mol. The van der Waals surface area contributed by atoms with Crippen LogP contribution >= 0.6 is 0 Å². The van der Waals surface area contributed by atoms with Crippen LogP contribution in [-0.2, 0) is 81.0 Å². The average Bonchev–Trinajstić information content (AvgIpc) is 3.07. The molecule has 1 aromatic rings. The molecule has 2 amide bonds. The lowest BCUT2D eigenvalue weighted by molar-refractivity contribution is -0.263. The van der Waals surface area contributed by atoms with E-state index in [0.29, 0.717) is 0 Å². The molecule has 2 fully saturated rings. The topological polar surface area (TPSA) is 270 Å². The van der Waals surface area contributed by atoms with Gasteiger partial charge in [-0.05, 0) is 24.3 Å². The lowest BCUT2D eigenvalue weighted by atomic mass is 9.96. The first-order valence-corrected chi connectivity index (χ1v) is 17.0. The summed E-state index contributed by atoms with van der Waals surface area (Å²) in [5.74, 6) is -6.95. The monoisotopic (exact) mass is 796 g/mol. The number of hydrogen-bond donors (Lipinski definition) is 2. The number of benzene rings is 1. The molecule has 0 aliphatic carbocycles. The predicted octanol–water partition coefficient (Wildman–Crippen LogP) is -0.466. The van der Waals surface area contributed by atoms with Crippen molar-refractivity contribution in [3.8, 4) is 5.75 Å². The van der Waals surface area contributed by atoms with Crippen molar-refractivity contribution >= 4 is 53.6 Å². The van der Waals surface area contributed by atoms with E-state index in [9.17, 15) is 43.2 Å². The number of hydrogen-bond acceptors (Lipinski definition) is 19. The molecule has 2 aliphatic rings. The van der Waals surface area contributed by atoms with Gasteiger partial charge in [0, 0.05) is 55.4 Å². The predicted molar refractivity (Wildman–Crippen MR) is 180 cm³/mol. The van der Waals surface area contributed by atoms with Crippen molar-refractivity contribution in [2.45, 2.75) is 117 Å². The van der Waals surface area contributed by atoms with E-state index in [4.69, 9.17) is 47.4 Å². The fourth-order valence-corrected chi connectivity index (χ4v) is 5.76. The summed E-state index contributed by atoms with van der Waals surface area (Å²) < 4.78 is 55.2. The molecule has 0 spiro atoms. The maximum Gasteiger partial charge on any atom is 0.340 e. The Morgan fingerprint density at radius 1 is 0.500 bits per heavy atom. The second-order valence-corrected chi connectivity index (χ2v) is 12.5. The van der Waals surface area contributed by atoms with Crippen LogP contribution < -0.4 is 15.4 Å². The Bertz CT molecular complexity index is 1650. The van der Waals surface area contributed by atoms with Crippen LogP contribution in [0.25, 0.3) is 0 Å². The normalized spacial score (nSPS) is 26.9. The first kappa shape index (κ1) is 44.6. The number of carbonyl (C=O) groups is 9. The van der Waals surface area contributed by atoms with Crippen molar-refractivity contribution in [3.63, 3.8) is 0 Å². The van der Waals surface area contributed by atoms with Gasteiger partial charge in [-0.2, -0.15) is 0 Å². The van der Waals surface area contributed by atoms with Crippen molar-refractivity contribution in [2.75, 3.05) is 13.2 Å². The van der Waals surface area contributed by atoms with Crippen molar-refractivity contribution < 1.29 is 90.5 Å². The Kier molecular flexibility index (Phi) is 16.1. The number of nitrogens with one attached hydrogen (secondary N) is 2. The summed E-state index contributed by atoms with van der Waals surface area (Å²) in [6, 6.07) is 2.42. The van der Waals surface area contributed by atoms with Gasteiger partial charge in [0.1, 0.15) is 43.3 Å². The van der Waals surface area contributed by atoms with E-state index in [1.165, 1.54) is 31.2 Å². The molecule has 0 unspecified atom stereocenters. The molecule has 0 radical (unpaired) electrons. The quantitative estimate of drug-likeness (QED) is 0.178. The van der Waals surface area contributed by atoms with Crippen LogP contribution in [0.1, 0.15) is 65.7 Å². The van der Waals surface area contributed by atoms with Crippen LogP contribution in [-0.4, -0.2) is 128 Å². The summed E-state index contributed by atoms with van der Waals surface area (Å²) in [5.41, 5.74) is -0.103. The highest BCUT2D eigenvalue weighted by Gasteiger charge is 2.53. The van der Waals surface area contributed by atoms with E-state index >= 15 is 0 Å². The Morgan fingerprint density at radius 3 is 1.25 bits per heavy atom. The van der Waals surface area contributed by atoms with E-state index in [1.807, 2.05) is 0 Å². The summed E-state index contributed by atoms with van der Waals surface area (Å²) in [7, 11) is 0. The van der Waals surface area contributed by atoms with Gasteiger partial charge in [0.15, 0.2) is 24.4 Å². The summed E-state index contributed by atoms with van der Waals surface area (Å²) in [4.78, 5) is 110. The first-order chi connectivity index (χ1) is 26.2. The van der Waals surface area contributed by atoms with Crippen LogP contribution in [0.5, 0.6) is 5.75 Å². The zero-order valence-electron chi connectivity index (χ0n) is 31.8. The Labute approximate surface area is 320 Å². The molecule has 10 atom stereocenters. The maximum absolute atomic E-state index is 13.5. The minimum atomic E-state index is -1.69. The zero-order valence-corrected chi connectivity index (χ0v) is 31.8. The molecule has 21 nitrogen and oxygen atoms in total. The highest BCUT2D eigenvalue weighted by molar-refractivity contribution is 5.89. The van der Waals surface area contributed by atoms with E-state index in [1.54, 1.807) is 0 Å². The number of carbonyl (C=O) groups excluding carboxylic acids is 9. The number of amides is 2. The van der Waals surface area contributed by atoms with Crippen LogP contribution in [0, 0.1) is 0 Å². The van der Waals surface area contributed by atoms with Gasteiger partial charge in [0.25, 0.3) is 0 Å². The van der Waals surface area contributed by atoms with E-state index in [-0.39, 0.29) is 11.3 Å². The molecule has 2 saturated heterocycles. The third kappa shape index (κ3) is 13.2. The van der Waals surface area contributed by atoms with E-state index in [2.05, 4.69) is 10.6 Å². The summed E-state index contributed by atoms with van der Waals surface area (Å²) in [5, 5.41) is 5.05. The smallest absolute Gasteiger partial charge is 0.340 e. The number of rotatable bonds is 14. The molecule has 308 valence electrons. The molecular formula is C35H44N2O19. The van der Waals surface area contributed by atoms with Crippen molar-refractivity contribution in [1.29, 1.82) is 0 Å². The SMILES string of the molecule is CC(=O)N[C@@H]1[C@H](Oc2ccc(C(=O)O[C@@H]3O[C@@H](COC(C)=O)[C@@H](OC(C)=O)[C@H](OC(C)=O)[C@H]3NC(C)=O)cc2)O[C@@H](COC(C)=O)[C@@H](OC(C)=O)[C@H]1OC(C)=O. The maximum atomic E-state index is 13.5. The Morgan fingerprint density at radius 2 is 0.875 bits per heavy atom. The molecule has 2 heterocycles. The number of esters is 7. The van der Waals surface area contributed by atoms with Gasteiger partial charge >= 0.3 is 41.8 Å². The molecule has 0 saturated carbocycles. The molecule has 2 aliphatic heterocycles. The lowest BCUT2D eigenvalue weighted by Crippen LogP contribution is -2.67. The summed E-state index contributed by atoms with van der Waals surface area (Å²) >= 11 is 0. The first-order valence-electron chi connectivity index (χ1n) is 17.0. The van der Waals surface area contributed by atoms with Gasteiger partial charge in [-0.3, -0.25) is 38.4 Å². The highest BCUT2D eigenvalue weighted by atomic mass is 16.7. The fraction of sp³-hybridized carbons (Fsp3) is 0.571. The molecule has 3 rings (SSSR count). The van der Waals surface area contributed by atoms with Crippen LogP contribution in [0.3, 0.4) is 0 Å². The Balaban J connectivity index is 1.93. The molecule has 56 heavy (non-hydrogen) atoms. The fourth-order valence-electron chi connectivity index (χ4n) is 5.76. The van der Waals surface area contributed by atoms with Gasteiger partial charge in [0.05, 0.1) is 5.56 Å². The van der Waals surface area contributed by atoms with Crippen LogP contribution in [0.4, 0.5) is 0 Å². The third-order valence-corrected chi connectivity index (χ3v) is 7.71. The van der Waals surface area contributed by atoms with Gasteiger partial charge in [0.2, 0.25) is 24.4 Å². The van der Waals surface area contributed by atoms with Crippen molar-refractivity contribution in [3.05, 3.63) is 29.8 Å². The van der Waals surface area contributed by atoms with E-state index in [0.717, 1.165) is 48.5 Å². The standard InChI is InChI=1S/C35H44N2O19/c1-15(38)36-27-31(51-21(7)44)29(49-19(5)42)25(13-47-17(3)40)54-34(27)53-24-11-9-23(10-12-24)33(46)56-35-28(37-16(2)39)32(52-22(8)45)30(50-20(6)43)26(55-35)14-48-18(4)41/h9-12,25-32,34-35H,13-14H2,1-8H3,(H,36,38)(H,37,39)/t25-,26-,27-,28+,29+,30+,31-,32+,34+,35-/m0/s1. The van der Waals surface area contributed by atoms with Gasteiger partial charge < -0.3 is 58.0 Å². The van der Waals surface area contributed by atoms with E-state index < -0.39 is 128 Å². The minimum Gasteiger partial charge on any atom is -0.463 e.